The quantitative estimate of drug-likeness (QED) is 0.826. The number of hydrogen-bond donors (Lipinski definition) is 1. The Labute approximate surface area is 96.6 Å². The van der Waals surface area contributed by atoms with E-state index in [4.69, 9.17) is 22.1 Å². The molecule has 1 aliphatic rings. The molecule has 0 amide bonds. The van der Waals surface area contributed by atoms with E-state index >= 15 is 0 Å². The van der Waals surface area contributed by atoms with Crippen LogP contribution in [0.1, 0.15) is 19.3 Å². The maximum absolute atomic E-state index is 7.87. The van der Waals surface area contributed by atoms with Crippen molar-refractivity contribution in [3.63, 3.8) is 0 Å². The first kappa shape index (κ1) is 5.83. The second-order valence-electron chi connectivity index (χ2n) is 2.71. The van der Waals surface area contributed by atoms with E-state index < -0.39 is 19.3 Å². The van der Waals surface area contributed by atoms with Gasteiger partial charge in [0.25, 0.3) is 0 Å². The van der Waals surface area contributed by atoms with Crippen LogP contribution in [-0.2, 0) is 6.40 Å². The summed E-state index contributed by atoms with van der Waals surface area (Å²) in [5.41, 5.74) is 5.77. The Balaban J connectivity index is 0.00000180. The predicted octanol–water partition coefficient (Wildman–Crippen LogP) is 1.73. The monoisotopic (exact) mass is 220 g/mol. The maximum atomic E-state index is 7.87. The summed E-state index contributed by atoms with van der Waals surface area (Å²) in [7, 11) is 0. The summed E-state index contributed by atoms with van der Waals surface area (Å²) in [5.74, 6) is 0.971. The van der Waals surface area contributed by atoms with Gasteiger partial charge < -0.3 is 15.2 Å². The van der Waals surface area contributed by atoms with Crippen LogP contribution in [0.3, 0.4) is 0 Å². The van der Waals surface area contributed by atoms with Crippen molar-refractivity contribution in [2.45, 2.75) is 19.3 Å². The number of benzene rings is 1. The van der Waals surface area contributed by atoms with E-state index in [1.165, 1.54) is 12.1 Å². The summed E-state index contributed by atoms with van der Waals surface area (Å²) in [6.45, 7) is -2.65. The summed E-state index contributed by atoms with van der Waals surface area (Å²) in [5, 5.41) is 0. The summed E-state index contributed by atoms with van der Waals surface area (Å²) in [4.78, 5) is 0. The van der Waals surface area contributed by atoms with Crippen LogP contribution in [0.25, 0.3) is 0 Å². The molecule has 0 saturated carbocycles. The molecule has 0 spiro atoms. The van der Waals surface area contributed by atoms with Crippen molar-refractivity contribution in [2.75, 3.05) is 6.79 Å². The van der Waals surface area contributed by atoms with Gasteiger partial charge in [-0.3, -0.25) is 0 Å². The van der Waals surface area contributed by atoms with Gasteiger partial charge in [0.1, 0.15) is 0 Å². The standard InChI is InChI=1S/C10H13NO2.ClH/c1-7(11)4-8-2-3-9-10(5-8)13-6-12-9;/h2-3,5,7H,4,6,11H2,1H3;1H/i1D3,4D,7D;. The lowest BCUT2D eigenvalue weighted by molar-refractivity contribution is 0.174. The van der Waals surface area contributed by atoms with E-state index in [0.717, 1.165) is 0 Å². The lowest BCUT2D eigenvalue weighted by atomic mass is 10.1. The Bertz CT molecular complexity index is 466. The number of nitrogens with two attached hydrogens (primary N) is 1. The molecule has 2 atom stereocenters. The molecule has 3 nitrogen and oxygen atoms in total. The van der Waals surface area contributed by atoms with E-state index in [9.17, 15) is 0 Å². The Hall–Kier alpha value is -0.930. The van der Waals surface area contributed by atoms with Gasteiger partial charge in [-0.25, -0.2) is 0 Å². The molecule has 1 aromatic rings. The molecule has 0 saturated heterocycles. The molecule has 0 fully saturated rings. The molecular formula is C10H14ClNO2. The zero-order chi connectivity index (χ0) is 13.6. The molecular weight excluding hydrogens is 202 g/mol. The molecule has 78 valence electrons. The molecule has 0 radical (unpaired) electrons. The highest BCUT2D eigenvalue weighted by atomic mass is 35.5. The van der Waals surface area contributed by atoms with Gasteiger partial charge >= 0.3 is 0 Å². The number of hydrogen-bond acceptors (Lipinski definition) is 3. The van der Waals surface area contributed by atoms with Gasteiger partial charge in [0.15, 0.2) is 11.5 Å². The van der Waals surface area contributed by atoms with Gasteiger partial charge in [0.2, 0.25) is 6.79 Å². The van der Waals surface area contributed by atoms with Crippen LogP contribution < -0.4 is 15.2 Å². The fourth-order valence-corrected chi connectivity index (χ4v) is 1.18. The first-order valence-electron chi connectivity index (χ1n) is 6.42. The van der Waals surface area contributed by atoms with Crippen molar-refractivity contribution in [2.24, 2.45) is 5.73 Å². The number of rotatable bonds is 2. The summed E-state index contributed by atoms with van der Waals surface area (Å²) in [6.07, 6.45) is -1.40. The first-order chi connectivity index (χ1) is 8.23. The highest BCUT2D eigenvalue weighted by molar-refractivity contribution is 5.85. The third-order valence-electron chi connectivity index (χ3n) is 1.72. The van der Waals surface area contributed by atoms with E-state index in [-0.39, 0.29) is 19.2 Å². The summed E-state index contributed by atoms with van der Waals surface area (Å²) >= 11 is 0. The predicted molar refractivity (Wildman–Crippen MR) is 57.2 cm³/mol. The van der Waals surface area contributed by atoms with Crippen molar-refractivity contribution in [1.82, 2.24) is 0 Å². The fourth-order valence-electron chi connectivity index (χ4n) is 1.18. The Kier molecular flexibility index (Phi) is 1.89. The third-order valence-corrected chi connectivity index (χ3v) is 1.72. The van der Waals surface area contributed by atoms with Gasteiger partial charge in [-0.1, -0.05) is 6.07 Å². The van der Waals surface area contributed by atoms with Crippen molar-refractivity contribution in [1.29, 1.82) is 0 Å². The van der Waals surface area contributed by atoms with Crippen molar-refractivity contribution >= 4 is 12.4 Å². The van der Waals surface area contributed by atoms with E-state index in [2.05, 4.69) is 0 Å². The molecule has 0 aliphatic carbocycles. The molecule has 1 aliphatic heterocycles. The highest BCUT2D eigenvalue weighted by Gasteiger charge is 2.13. The van der Waals surface area contributed by atoms with Gasteiger partial charge in [0.05, 0.1) is 0 Å². The SMILES string of the molecule is Cl.[2H]C(c1ccc2c(c1)OCO2)C([2H])(N)C([2H])([2H])[2H]. The van der Waals surface area contributed by atoms with Crippen molar-refractivity contribution < 1.29 is 16.3 Å². The molecule has 0 aromatic heterocycles. The van der Waals surface area contributed by atoms with Crippen LogP contribution in [0.15, 0.2) is 18.2 Å². The normalized spacial score (nSPS) is 25.4. The van der Waals surface area contributed by atoms with E-state index in [1.54, 1.807) is 6.07 Å². The lowest BCUT2D eigenvalue weighted by Gasteiger charge is -2.05. The average Bonchev–Trinajstić information content (AvgIpc) is 2.73. The van der Waals surface area contributed by atoms with Gasteiger partial charge in [-0.15, -0.1) is 12.4 Å². The minimum Gasteiger partial charge on any atom is -0.454 e. The van der Waals surface area contributed by atoms with Gasteiger partial charge in [-0.2, -0.15) is 0 Å². The third kappa shape index (κ3) is 2.30. The molecule has 1 aromatic carbocycles. The minimum atomic E-state index is -2.74. The smallest absolute Gasteiger partial charge is 0.231 e. The largest absolute Gasteiger partial charge is 0.454 e. The molecule has 4 heteroatoms. The van der Waals surface area contributed by atoms with Crippen molar-refractivity contribution in [3.05, 3.63) is 23.8 Å². The van der Waals surface area contributed by atoms with Crippen LogP contribution in [-0.4, -0.2) is 12.8 Å². The summed E-state index contributed by atoms with van der Waals surface area (Å²) in [6, 6.07) is 2.21. The first-order valence-corrected chi connectivity index (χ1v) is 3.84. The second kappa shape index (κ2) is 4.53. The topological polar surface area (TPSA) is 44.5 Å². The van der Waals surface area contributed by atoms with E-state index in [1.807, 2.05) is 0 Å². The average molecular weight is 221 g/mol. The van der Waals surface area contributed by atoms with E-state index in [0.29, 0.717) is 17.1 Å². The summed E-state index contributed by atoms with van der Waals surface area (Å²) < 4.78 is 47.4. The molecule has 2 unspecified atom stereocenters. The zero-order valence-corrected chi connectivity index (χ0v) is 8.14. The zero-order valence-electron chi connectivity index (χ0n) is 12.3. The number of ether oxygens (including phenoxy) is 2. The Morgan fingerprint density at radius 2 is 2.43 bits per heavy atom. The highest BCUT2D eigenvalue weighted by Crippen LogP contribution is 2.32. The Morgan fingerprint density at radius 1 is 1.64 bits per heavy atom. The minimum absolute atomic E-state index is 0. The van der Waals surface area contributed by atoms with Crippen LogP contribution in [0, 0.1) is 0 Å². The molecule has 2 rings (SSSR count). The number of fused-ring (bicyclic) bond motifs is 1. The van der Waals surface area contributed by atoms with Crippen LogP contribution in [0.2, 0.25) is 0 Å². The molecule has 14 heavy (non-hydrogen) atoms. The Morgan fingerprint density at radius 3 is 3.21 bits per heavy atom. The van der Waals surface area contributed by atoms with Crippen LogP contribution in [0.4, 0.5) is 0 Å². The number of halogens is 1. The van der Waals surface area contributed by atoms with Crippen molar-refractivity contribution in [3.8, 4) is 11.5 Å². The van der Waals surface area contributed by atoms with Gasteiger partial charge in [-0.05, 0) is 30.9 Å². The molecule has 2 N–H and O–H groups in total. The maximum Gasteiger partial charge on any atom is 0.231 e. The van der Waals surface area contributed by atoms with Crippen LogP contribution >= 0.6 is 12.4 Å². The fraction of sp³-hybridized carbons (Fsp3) is 0.400. The molecule has 0 bridgehead atoms. The van der Waals surface area contributed by atoms with Crippen LogP contribution in [0.5, 0.6) is 11.5 Å². The lowest BCUT2D eigenvalue weighted by Crippen LogP contribution is -2.17. The van der Waals surface area contributed by atoms with Gasteiger partial charge in [0, 0.05) is 12.9 Å². The second-order valence-corrected chi connectivity index (χ2v) is 2.71. The molecule has 1 heterocycles.